The van der Waals surface area contributed by atoms with Gasteiger partial charge >= 0.3 is 0 Å². The number of anilines is 1. The number of amides is 1. The number of hydrogen-bond donors (Lipinski definition) is 2. The van der Waals surface area contributed by atoms with E-state index in [0.717, 1.165) is 25.9 Å². The van der Waals surface area contributed by atoms with Gasteiger partial charge in [-0.2, -0.15) is 0 Å². The van der Waals surface area contributed by atoms with Crippen LogP contribution in [0.5, 0.6) is 0 Å². The van der Waals surface area contributed by atoms with E-state index in [9.17, 15) is 13.2 Å². The molecule has 0 aromatic heterocycles. The molecule has 1 fully saturated rings. The van der Waals surface area contributed by atoms with Gasteiger partial charge in [-0.05, 0) is 38.9 Å². The Kier molecular flexibility index (Phi) is 4.84. The van der Waals surface area contributed by atoms with Crippen LogP contribution in [0, 0.1) is 0 Å². The molecule has 1 aromatic rings. The Labute approximate surface area is 125 Å². The topological polar surface area (TPSA) is 78.5 Å². The zero-order chi connectivity index (χ0) is 15.5. The Morgan fingerprint density at radius 2 is 1.86 bits per heavy atom. The van der Waals surface area contributed by atoms with Crippen LogP contribution >= 0.6 is 0 Å². The van der Waals surface area contributed by atoms with Crippen molar-refractivity contribution in [2.45, 2.75) is 30.7 Å². The molecule has 0 spiro atoms. The third-order valence-corrected chi connectivity index (χ3v) is 5.08. The van der Waals surface area contributed by atoms with Crippen LogP contribution in [0.3, 0.4) is 0 Å². The summed E-state index contributed by atoms with van der Waals surface area (Å²) in [6.45, 7) is 3.31. The van der Waals surface area contributed by atoms with Crippen LogP contribution in [0.1, 0.15) is 19.8 Å². The molecule has 116 valence electrons. The summed E-state index contributed by atoms with van der Waals surface area (Å²) in [5.74, 6) is 0.00385. The van der Waals surface area contributed by atoms with Gasteiger partial charge in [-0.25, -0.2) is 13.1 Å². The highest BCUT2D eigenvalue weighted by molar-refractivity contribution is 7.89. The number of carbonyl (C=O) groups excluding carboxylic acids is 1. The molecule has 0 aliphatic carbocycles. The minimum Gasteiger partial charge on any atom is -0.373 e. The number of nitrogens with one attached hydrogen (secondary N) is 2. The molecule has 7 heteroatoms. The lowest BCUT2D eigenvalue weighted by Crippen LogP contribution is -2.40. The summed E-state index contributed by atoms with van der Waals surface area (Å²) in [5, 5.41) is 3.02. The summed E-state index contributed by atoms with van der Waals surface area (Å²) in [7, 11) is -2.19. The molecule has 2 rings (SSSR count). The van der Waals surface area contributed by atoms with E-state index in [-0.39, 0.29) is 10.8 Å². The van der Waals surface area contributed by atoms with Crippen LogP contribution in [0.15, 0.2) is 29.2 Å². The molecule has 1 aromatic carbocycles. The van der Waals surface area contributed by atoms with E-state index in [0.29, 0.717) is 5.69 Å². The van der Waals surface area contributed by atoms with Gasteiger partial charge in [0.2, 0.25) is 15.9 Å². The molecule has 1 unspecified atom stereocenters. The molecule has 1 heterocycles. The number of nitrogens with zero attached hydrogens (tertiary/aromatic N) is 1. The van der Waals surface area contributed by atoms with Crippen molar-refractivity contribution >= 4 is 21.6 Å². The van der Waals surface area contributed by atoms with Crippen LogP contribution in [0.2, 0.25) is 0 Å². The molecule has 6 nitrogen and oxygen atoms in total. The zero-order valence-electron chi connectivity index (χ0n) is 12.3. The van der Waals surface area contributed by atoms with Crippen molar-refractivity contribution in [3.63, 3.8) is 0 Å². The van der Waals surface area contributed by atoms with Gasteiger partial charge in [-0.3, -0.25) is 4.79 Å². The van der Waals surface area contributed by atoms with E-state index in [2.05, 4.69) is 10.0 Å². The third kappa shape index (κ3) is 3.54. The first-order valence-corrected chi connectivity index (χ1v) is 8.52. The molecule has 0 saturated carbocycles. The minimum atomic E-state index is -3.56. The molecule has 0 bridgehead atoms. The summed E-state index contributed by atoms with van der Waals surface area (Å²) in [4.78, 5) is 14.2. The van der Waals surface area contributed by atoms with Crippen molar-refractivity contribution in [2.75, 3.05) is 25.5 Å². The van der Waals surface area contributed by atoms with Gasteiger partial charge in [-0.1, -0.05) is 12.1 Å². The lowest BCUT2D eigenvalue weighted by molar-refractivity contribution is -0.130. The highest BCUT2D eigenvalue weighted by Crippen LogP contribution is 2.22. The average Bonchev–Trinajstić information content (AvgIpc) is 3.01. The average molecular weight is 311 g/mol. The number of sulfonamides is 1. The number of hydrogen-bond acceptors (Lipinski definition) is 4. The molecule has 2 N–H and O–H groups in total. The van der Waals surface area contributed by atoms with Gasteiger partial charge in [0.1, 0.15) is 10.9 Å². The Morgan fingerprint density at radius 1 is 1.24 bits per heavy atom. The predicted molar refractivity (Wildman–Crippen MR) is 81.6 cm³/mol. The normalized spacial score (nSPS) is 16.8. The van der Waals surface area contributed by atoms with Crippen molar-refractivity contribution in [3.05, 3.63) is 24.3 Å². The van der Waals surface area contributed by atoms with Crippen LogP contribution in [0.25, 0.3) is 0 Å². The van der Waals surface area contributed by atoms with Crippen molar-refractivity contribution in [3.8, 4) is 0 Å². The van der Waals surface area contributed by atoms with Crippen LogP contribution in [0.4, 0.5) is 5.69 Å². The fourth-order valence-corrected chi connectivity index (χ4v) is 3.33. The van der Waals surface area contributed by atoms with Crippen molar-refractivity contribution in [1.29, 1.82) is 0 Å². The maximum atomic E-state index is 12.3. The molecule has 1 aliphatic rings. The van der Waals surface area contributed by atoms with E-state index in [1.165, 1.54) is 13.1 Å². The van der Waals surface area contributed by atoms with E-state index in [1.807, 2.05) is 4.90 Å². The molecular weight excluding hydrogens is 290 g/mol. The summed E-state index contributed by atoms with van der Waals surface area (Å²) < 4.78 is 26.3. The van der Waals surface area contributed by atoms with Gasteiger partial charge in [0.15, 0.2) is 0 Å². The highest BCUT2D eigenvalue weighted by Gasteiger charge is 2.25. The fourth-order valence-electron chi connectivity index (χ4n) is 2.44. The summed E-state index contributed by atoms with van der Waals surface area (Å²) in [5.41, 5.74) is 0.437. The zero-order valence-corrected chi connectivity index (χ0v) is 13.1. The maximum absolute atomic E-state index is 12.3. The second-order valence-electron chi connectivity index (χ2n) is 5.10. The standard InChI is InChI=1S/C14H21N3O3S/c1-11(14(18)17-9-5-6-10-17)16-12-7-3-4-8-13(12)21(19,20)15-2/h3-4,7-8,11,15-16H,5-6,9-10H2,1-2H3. The molecule has 21 heavy (non-hydrogen) atoms. The molecule has 1 saturated heterocycles. The molecule has 1 aliphatic heterocycles. The van der Waals surface area contributed by atoms with E-state index >= 15 is 0 Å². The molecule has 1 amide bonds. The van der Waals surface area contributed by atoms with Gasteiger partial charge < -0.3 is 10.2 Å². The summed E-state index contributed by atoms with van der Waals surface area (Å²) in [6, 6.07) is 6.11. The van der Waals surface area contributed by atoms with Gasteiger partial charge in [0.25, 0.3) is 0 Å². The van der Waals surface area contributed by atoms with Crippen molar-refractivity contribution in [2.24, 2.45) is 0 Å². The van der Waals surface area contributed by atoms with Crippen LogP contribution in [-0.4, -0.2) is 45.4 Å². The second-order valence-corrected chi connectivity index (χ2v) is 6.96. The highest BCUT2D eigenvalue weighted by atomic mass is 32.2. The molecular formula is C14H21N3O3S. The Balaban J connectivity index is 2.18. The van der Waals surface area contributed by atoms with E-state index in [1.54, 1.807) is 25.1 Å². The lowest BCUT2D eigenvalue weighted by Gasteiger charge is -2.22. The van der Waals surface area contributed by atoms with Gasteiger partial charge in [0, 0.05) is 13.1 Å². The Hall–Kier alpha value is -1.60. The van der Waals surface area contributed by atoms with Crippen molar-refractivity contribution in [1.82, 2.24) is 9.62 Å². The van der Waals surface area contributed by atoms with E-state index in [4.69, 9.17) is 0 Å². The summed E-state index contributed by atoms with van der Waals surface area (Å²) >= 11 is 0. The number of carbonyl (C=O) groups is 1. The monoisotopic (exact) mass is 311 g/mol. The lowest BCUT2D eigenvalue weighted by atomic mass is 10.2. The second kappa shape index (κ2) is 6.44. The summed E-state index contributed by atoms with van der Waals surface area (Å²) in [6.07, 6.45) is 2.06. The largest absolute Gasteiger partial charge is 0.373 e. The fraction of sp³-hybridized carbons (Fsp3) is 0.500. The molecule has 1 atom stereocenters. The first-order valence-electron chi connectivity index (χ1n) is 7.03. The minimum absolute atomic E-state index is 0.00385. The first kappa shape index (κ1) is 15.8. The van der Waals surface area contributed by atoms with E-state index < -0.39 is 16.1 Å². The number of benzene rings is 1. The van der Waals surface area contributed by atoms with Crippen LogP contribution < -0.4 is 10.0 Å². The SMILES string of the molecule is CNS(=O)(=O)c1ccccc1NC(C)C(=O)N1CCCC1. The predicted octanol–water partition coefficient (Wildman–Crippen LogP) is 1.02. The van der Waals surface area contributed by atoms with Crippen LogP contribution in [-0.2, 0) is 14.8 Å². The number of likely N-dealkylation sites (tertiary alicyclic amines) is 1. The number of rotatable bonds is 5. The smallest absolute Gasteiger partial charge is 0.244 e. The molecule has 0 radical (unpaired) electrons. The number of para-hydroxylation sites is 1. The third-order valence-electron chi connectivity index (χ3n) is 3.61. The van der Waals surface area contributed by atoms with Gasteiger partial charge in [-0.15, -0.1) is 0 Å². The maximum Gasteiger partial charge on any atom is 0.244 e. The quantitative estimate of drug-likeness (QED) is 0.851. The van der Waals surface area contributed by atoms with Gasteiger partial charge in [0.05, 0.1) is 5.69 Å². The Bertz CT molecular complexity index is 610. The Morgan fingerprint density at radius 3 is 2.48 bits per heavy atom. The first-order chi connectivity index (χ1) is 9.95. The van der Waals surface area contributed by atoms with Crippen molar-refractivity contribution < 1.29 is 13.2 Å².